The molecule has 0 radical (unpaired) electrons. The topological polar surface area (TPSA) is 30.5 Å². The second kappa shape index (κ2) is 7.17. The summed E-state index contributed by atoms with van der Waals surface area (Å²) in [6.07, 6.45) is 7.80. The molecular formula is C18H29NO2. The van der Waals surface area contributed by atoms with Crippen LogP contribution in [-0.4, -0.2) is 27.3 Å². The fourth-order valence-corrected chi connectivity index (χ4v) is 3.65. The van der Waals surface area contributed by atoms with Gasteiger partial charge in [0.15, 0.2) is 11.5 Å². The van der Waals surface area contributed by atoms with Gasteiger partial charge >= 0.3 is 0 Å². The average Bonchev–Trinajstić information content (AvgIpc) is 2.52. The number of benzene rings is 1. The molecule has 0 amide bonds. The molecule has 1 saturated carbocycles. The summed E-state index contributed by atoms with van der Waals surface area (Å²) >= 11 is 0. The Morgan fingerprint density at radius 1 is 1.10 bits per heavy atom. The Morgan fingerprint density at radius 2 is 1.76 bits per heavy atom. The van der Waals surface area contributed by atoms with E-state index < -0.39 is 0 Å². The van der Waals surface area contributed by atoms with E-state index in [4.69, 9.17) is 9.47 Å². The number of rotatable bonds is 6. The smallest absolute Gasteiger partial charge is 0.160 e. The minimum absolute atomic E-state index is 0.403. The Hall–Kier alpha value is -1.22. The van der Waals surface area contributed by atoms with E-state index in [1.165, 1.54) is 37.7 Å². The molecule has 0 aliphatic heterocycles. The van der Waals surface area contributed by atoms with Crippen molar-refractivity contribution in [2.45, 2.75) is 51.5 Å². The SMILES string of the molecule is CNC(Cc1ccc(OC)c(OC)c1)C1(C)CCCCC1. The van der Waals surface area contributed by atoms with Crippen LogP contribution in [-0.2, 0) is 6.42 Å². The van der Waals surface area contributed by atoms with E-state index in [1.807, 2.05) is 6.07 Å². The fourth-order valence-electron chi connectivity index (χ4n) is 3.65. The van der Waals surface area contributed by atoms with Crippen molar-refractivity contribution >= 4 is 0 Å². The molecule has 1 unspecified atom stereocenters. The molecular weight excluding hydrogens is 262 g/mol. The summed E-state index contributed by atoms with van der Waals surface area (Å²) in [4.78, 5) is 0. The molecule has 118 valence electrons. The zero-order valence-corrected chi connectivity index (χ0v) is 13.9. The van der Waals surface area contributed by atoms with Crippen molar-refractivity contribution in [3.8, 4) is 11.5 Å². The number of hydrogen-bond donors (Lipinski definition) is 1. The lowest BCUT2D eigenvalue weighted by molar-refractivity contribution is 0.149. The van der Waals surface area contributed by atoms with Gasteiger partial charge in [-0.3, -0.25) is 0 Å². The molecule has 0 aromatic heterocycles. The third-order valence-electron chi connectivity index (χ3n) is 5.07. The van der Waals surface area contributed by atoms with Crippen LogP contribution in [0.15, 0.2) is 18.2 Å². The summed E-state index contributed by atoms with van der Waals surface area (Å²) in [7, 11) is 5.46. The Morgan fingerprint density at radius 3 is 2.33 bits per heavy atom. The normalized spacial score (nSPS) is 19.0. The number of ether oxygens (including phenoxy) is 2. The van der Waals surface area contributed by atoms with Gasteiger partial charge in [-0.2, -0.15) is 0 Å². The highest BCUT2D eigenvalue weighted by Gasteiger charge is 2.34. The first kappa shape index (κ1) is 16.2. The van der Waals surface area contributed by atoms with Crippen LogP contribution in [0.5, 0.6) is 11.5 Å². The van der Waals surface area contributed by atoms with Crippen LogP contribution in [0.25, 0.3) is 0 Å². The quantitative estimate of drug-likeness (QED) is 0.864. The molecule has 1 aromatic carbocycles. The summed E-state index contributed by atoms with van der Waals surface area (Å²) in [5.74, 6) is 1.62. The predicted molar refractivity (Wildman–Crippen MR) is 87.3 cm³/mol. The van der Waals surface area contributed by atoms with E-state index >= 15 is 0 Å². The highest BCUT2D eigenvalue weighted by Crippen LogP contribution is 2.40. The lowest BCUT2D eigenvalue weighted by Gasteiger charge is -2.41. The molecule has 21 heavy (non-hydrogen) atoms. The van der Waals surface area contributed by atoms with Gasteiger partial charge in [0.2, 0.25) is 0 Å². The first-order valence-electron chi connectivity index (χ1n) is 8.01. The molecule has 0 heterocycles. The standard InChI is InChI=1S/C18H29NO2/c1-18(10-6-5-7-11-18)17(19-2)13-14-8-9-15(20-3)16(12-14)21-4/h8-9,12,17,19H,5-7,10-11,13H2,1-4H3. The summed E-state index contributed by atoms with van der Waals surface area (Å²) < 4.78 is 10.7. The number of nitrogens with one attached hydrogen (secondary N) is 1. The van der Waals surface area contributed by atoms with Crippen molar-refractivity contribution < 1.29 is 9.47 Å². The number of hydrogen-bond acceptors (Lipinski definition) is 3. The third-order valence-corrected chi connectivity index (χ3v) is 5.07. The van der Waals surface area contributed by atoms with Crippen molar-refractivity contribution in [2.75, 3.05) is 21.3 Å². The van der Waals surface area contributed by atoms with Crippen molar-refractivity contribution in [1.82, 2.24) is 5.32 Å². The third kappa shape index (κ3) is 3.70. The average molecular weight is 291 g/mol. The molecule has 1 aliphatic rings. The summed E-state index contributed by atoms with van der Waals surface area (Å²) in [6, 6.07) is 6.77. The van der Waals surface area contributed by atoms with Crippen LogP contribution < -0.4 is 14.8 Å². The predicted octanol–water partition coefficient (Wildman–Crippen LogP) is 3.80. The van der Waals surface area contributed by atoms with Crippen LogP contribution in [0.1, 0.15) is 44.6 Å². The van der Waals surface area contributed by atoms with Gasteiger partial charge in [-0.25, -0.2) is 0 Å². The Kier molecular flexibility index (Phi) is 5.51. The minimum atomic E-state index is 0.403. The highest BCUT2D eigenvalue weighted by atomic mass is 16.5. The maximum Gasteiger partial charge on any atom is 0.160 e. The van der Waals surface area contributed by atoms with Gasteiger partial charge in [0.25, 0.3) is 0 Å². The Balaban J connectivity index is 2.14. The minimum Gasteiger partial charge on any atom is -0.493 e. The highest BCUT2D eigenvalue weighted by molar-refractivity contribution is 5.43. The largest absolute Gasteiger partial charge is 0.493 e. The van der Waals surface area contributed by atoms with E-state index in [0.717, 1.165) is 17.9 Å². The monoisotopic (exact) mass is 291 g/mol. The zero-order chi connectivity index (χ0) is 15.3. The fraction of sp³-hybridized carbons (Fsp3) is 0.667. The van der Waals surface area contributed by atoms with Gasteiger partial charge in [-0.15, -0.1) is 0 Å². The van der Waals surface area contributed by atoms with Gasteiger partial charge in [0, 0.05) is 6.04 Å². The van der Waals surface area contributed by atoms with Gasteiger partial charge in [-0.05, 0) is 49.4 Å². The molecule has 0 saturated heterocycles. The summed E-state index contributed by atoms with van der Waals surface area (Å²) in [6.45, 7) is 2.44. The van der Waals surface area contributed by atoms with Gasteiger partial charge in [-0.1, -0.05) is 32.3 Å². The maximum absolute atomic E-state index is 5.42. The van der Waals surface area contributed by atoms with E-state index in [9.17, 15) is 0 Å². The van der Waals surface area contributed by atoms with E-state index in [1.54, 1.807) is 14.2 Å². The van der Waals surface area contributed by atoms with E-state index in [0.29, 0.717) is 11.5 Å². The van der Waals surface area contributed by atoms with Gasteiger partial charge < -0.3 is 14.8 Å². The molecule has 3 nitrogen and oxygen atoms in total. The molecule has 3 heteroatoms. The van der Waals surface area contributed by atoms with Crippen LogP contribution in [0.3, 0.4) is 0 Å². The zero-order valence-electron chi connectivity index (χ0n) is 13.9. The first-order chi connectivity index (χ1) is 10.1. The van der Waals surface area contributed by atoms with Crippen LogP contribution in [0, 0.1) is 5.41 Å². The molecule has 1 aliphatic carbocycles. The Bertz CT molecular complexity index is 453. The molecule has 1 aromatic rings. The molecule has 0 spiro atoms. The van der Waals surface area contributed by atoms with Crippen molar-refractivity contribution in [2.24, 2.45) is 5.41 Å². The molecule has 1 atom stereocenters. The second-order valence-corrected chi connectivity index (χ2v) is 6.45. The lowest BCUT2D eigenvalue weighted by Crippen LogP contribution is -2.44. The molecule has 1 fully saturated rings. The van der Waals surface area contributed by atoms with Crippen molar-refractivity contribution in [3.63, 3.8) is 0 Å². The maximum atomic E-state index is 5.42. The van der Waals surface area contributed by atoms with Crippen LogP contribution in [0.4, 0.5) is 0 Å². The van der Waals surface area contributed by atoms with Crippen LogP contribution >= 0.6 is 0 Å². The molecule has 2 rings (SSSR count). The van der Waals surface area contributed by atoms with Crippen LogP contribution in [0.2, 0.25) is 0 Å². The molecule has 0 bridgehead atoms. The van der Waals surface area contributed by atoms with Gasteiger partial charge in [0.05, 0.1) is 14.2 Å². The van der Waals surface area contributed by atoms with Crippen molar-refractivity contribution in [3.05, 3.63) is 23.8 Å². The Labute approximate surface area is 129 Å². The van der Waals surface area contributed by atoms with E-state index in [2.05, 4.69) is 31.4 Å². The molecule has 1 N–H and O–H groups in total. The summed E-state index contributed by atoms with van der Waals surface area (Å²) in [5.41, 5.74) is 1.71. The van der Waals surface area contributed by atoms with E-state index in [-0.39, 0.29) is 0 Å². The first-order valence-corrected chi connectivity index (χ1v) is 8.01. The lowest BCUT2D eigenvalue weighted by atomic mass is 9.69. The second-order valence-electron chi connectivity index (χ2n) is 6.45. The van der Waals surface area contributed by atoms with Crippen molar-refractivity contribution in [1.29, 1.82) is 0 Å². The number of likely N-dealkylation sites (N-methyl/N-ethyl adjacent to an activating group) is 1. The summed E-state index contributed by atoms with van der Waals surface area (Å²) in [5, 5.41) is 3.55. The van der Waals surface area contributed by atoms with Gasteiger partial charge in [0.1, 0.15) is 0 Å². The number of methoxy groups -OCH3 is 2.